The number of aromatic nitrogens is 5. The number of nitro groups is 1. The SMILES string of the molecule is Cc1cc(C)c2[nH]c(=O)c([C@H](c3nnnn3C3CCCCC3)N3CCN(c4ccc([N+](=O)[O-])cc4)CC3)cc2c1. The molecule has 3 heterocycles. The lowest BCUT2D eigenvalue weighted by Crippen LogP contribution is -2.49. The summed E-state index contributed by atoms with van der Waals surface area (Å²) in [6.07, 6.45) is 5.59. The molecule has 0 amide bonds. The number of H-pyrrole nitrogens is 1. The second-order valence-electron chi connectivity index (χ2n) is 11.1. The lowest BCUT2D eigenvalue weighted by atomic mass is 9.95. The molecule has 0 radical (unpaired) electrons. The highest BCUT2D eigenvalue weighted by molar-refractivity contribution is 5.83. The first-order valence-electron chi connectivity index (χ1n) is 14.0. The summed E-state index contributed by atoms with van der Waals surface area (Å²) in [5, 5.41) is 25.2. The molecule has 2 aliphatic rings. The number of nitro benzene ring substituents is 1. The van der Waals surface area contributed by atoms with Crippen molar-refractivity contribution >= 4 is 22.3 Å². The van der Waals surface area contributed by atoms with E-state index in [-0.39, 0.29) is 22.2 Å². The third-order valence-corrected chi connectivity index (χ3v) is 8.41. The minimum absolute atomic E-state index is 0.0815. The summed E-state index contributed by atoms with van der Waals surface area (Å²) in [7, 11) is 0. The number of pyridine rings is 1. The number of fused-ring (bicyclic) bond motifs is 1. The van der Waals surface area contributed by atoms with Crippen LogP contribution in [0.15, 0.2) is 47.3 Å². The largest absolute Gasteiger partial charge is 0.369 e. The van der Waals surface area contributed by atoms with Crippen molar-refractivity contribution in [2.24, 2.45) is 0 Å². The number of benzene rings is 2. The van der Waals surface area contributed by atoms with Gasteiger partial charge in [-0.3, -0.25) is 19.8 Å². The molecule has 208 valence electrons. The van der Waals surface area contributed by atoms with Gasteiger partial charge in [-0.2, -0.15) is 0 Å². The number of hydrogen-bond donors (Lipinski definition) is 1. The standard InChI is InChI=1S/C29H34N8O3/c1-19-16-20(2)26-21(17-19)18-25(29(38)30-26)27(28-31-32-33-36(28)23-6-4-3-5-7-23)35-14-12-34(13-15-35)22-8-10-24(11-9-22)37(39)40/h8-11,16-18,23,27H,3-7,12-15H2,1-2H3,(H,30,38)/t27-/m1/s1. The highest BCUT2D eigenvalue weighted by atomic mass is 16.6. The second kappa shape index (κ2) is 10.8. The van der Waals surface area contributed by atoms with Crippen LogP contribution >= 0.6 is 0 Å². The van der Waals surface area contributed by atoms with E-state index < -0.39 is 6.04 Å². The van der Waals surface area contributed by atoms with Crippen molar-refractivity contribution < 1.29 is 4.92 Å². The monoisotopic (exact) mass is 542 g/mol. The lowest BCUT2D eigenvalue weighted by molar-refractivity contribution is -0.384. The number of aromatic amines is 1. The van der Waals surface area contributed by atoms with Gasteiger partial charge < -0.3 is 9.88 Å². The molecule has 2 aromatic heterocycles. The average molecular weight is 543 g/mol. The Morgan fingerprint density at radius 1 is 1.00 bits per heavy atom. The molecule has 11 heteroatoms. The van der Waals surface area contributed by atoms with E-state index in [9.17, 15) is 14.9 Å². The van der Waals surface area contributed by atoms with E-state index in [0.717, 1.165) is 53.4 Å². The van der Waals surface area contributed by atoms with Gasteiger partial charge in [0, 0.05) is 49.6 Å². The highest BCUT2D eigenvalue weighted by Crippen LogP contribution is 2.34. The first kappa shape index (κ1) is 26.1. The van der Waals surface area contributed by atoms with Crippen LogP contribution in [-0.2, 0) is 0 Å². The van der Waals surface area contributed by atoms with Crippen LogP contribution in [0.25, 0.3) is 10.9 Å². The van der Waals surface area contributed by atoms with Crippen molar-refractivity contribution in [2.45, 2.75) is 58.0 Å². The van der Waals surface area contributed by atoms with E-state index in [1.54, 1.807) is 24.3 Å². The molecular formula is C29H34N8O3. The summed E-state index contributed by atoms with van der Waals surface area (Å²) < 4.78 is 1.97. The van der Waals surface area contributed by atoms with Crippen molar-refractivity contribution in [2.75, 3.05) is 31.1 Å². The molecule has 1 aliphatic carbocycles. The van der Waals surface area contributed by atoms with E-state index >= 15 is 0 Å². The number of aryl methyl sites for hydroxylation is 2. The molecule has 1 atom stereocenters. The molecule has 2 aromatic carbocycles. The van der Waals surface area contributed by atoms with Crippen LogP contribution in [0.1, 0.15) is 66.7 Å². The molecule has 1 saturated carbocycles. The minimum atomic E-state index is -0.398. The fourth-order valence-corrected chi connectivity index (χ4v) is 6.40. The summed E-state index contributed by atoms with van der Waals surface area (Å²) in [6.45, 7) is 6.87. The van der Waals surface area contributed by atoms with Gasteiger partial charge in [-0.05, 0) is 72.3 Å². The van der Waals surface area contributed by atoms with E-state index in [2.05, 4.69) is 49.4 Å². The molecule has 4 aromatic rings. The Kier molecular flexibility index (Phi) is 7.05. The van der Waals surface area contributed by atoms with Crippen LogP contribution in [0.4, 0.5) is 11.4 Å². The highest BCUT2D eigenvalue weighted by Gasteiger charge is 2.34. The summed E-state index contributed by atoms with van der Waals surface area (Å²) in [4.78, 5) is 32.1. The first-order chi connectivity index (χ1) is 19.4. The topological polar surface area (TPSA) is 126 Å². The summed E-state index contributed by atoms with van der Waals surface area (Å²) in [6, 6.07) is 12.7. The number of nitrogens with zero attached hydrogens (tertiary/aromatic N) is 7. The maximum Gasteiger partial charge on any atom is 0.269 e. The molecular weight excluding hydrogens is 508 g/mol. The van der Waals surface area contributed by atoms with Crippen LogP contribution in [0, 0.1) is 24.0 Å². The van der Waals surface area contributed by atoms with Crippen molar-refractivity contribution in [3.05, 3.63) is 85.4 Å². The fraction of sp³-hybridized carbons (Fsp3) is 0.448. The average Bonchev–Trinajstić information content (AvgIpc) is 3.44. The van der Waals surface area contributed by atoms with Gasteiger partial charge in [0.05, 0.1) is 16.5 Å². The maximum atomic E-state index is 13.7. The van der Waals surface area contributed by atoms with Crippen LogP contribution in [0.3, 0.4) is 0 Å². The van der Waals surface area contributed by atoms with Gasteiger partial charge >= 0.3 is 0 Å². The predicted molar refractivity (Wildman–Crippen MR) is 153 cm³/mol. The number of anilines is 1. The number of non-ortho nitro benzene ring substituents is 1. The number of rotatable bonds is 6. The van der Waals surface area contributed by atoms with Crippen molar-refractivity contribution in [1.29, 1.82) is 0 Å². The second-order valence-corrected chi connectivity index (χ2v) is 11.1. The predicted octanol–water partition coefficient (Wildman–Crippen LogP) is 4.46. The van der Waals surface area contributed by atoms with Gasteiger partial charge in [0.2, 0.25) is 0 Å². The van der Waals surface area contributed by atoms with Crippen molar-refractivity contribution in [3.63, 3.8) is 0 Å². The number of tetrazole rings is 1. The summed E-state index contributed by atoms with van der Waals surface area (Å²) in [5.74, 6) is 0.713. The summed E-state index contributed by atoms with van der Waals surface area (Å²) in [5.41, 5.74) is 4.59. The molecule has 2 fully saturated rings. The van der Waals surface area contributed by atoms with Gasteiger partial charge in [-0.15, -0.1) is 5.10 Å². The molecule has 40 heavy (non-hydrogen) atoms. The van der Waals surface area contributed by atoms with Gasteiger partial charge in [-0.1, -0.05) is 30.9 Å². The van der Waals surface area contributed by atoms with Crippen LogP contribution < -0.4 is 10.5 Å². The lowest BCUT2D eigenvalue weighted by Gasteiger charge is -2.40. The Morgan fingerprint density at radius 3 is 2.42 bits per heavy atom. The minimum Gasteiger partial charge on any atom is -0.369 e. The Morgan fingerprint density at radius 2 is 1.73 bits per heavy atom. The number of nitrogens with one attached hydrogen (secondary N) is 1. The zero-order valence-corrected chi connectivity index (χ0v) is 22.9. The molecule has 1 aliphatic heterocycles. The quantitative estimate of drug-likeness (QED) is 0.280. The fourth-order valence-electron chi connectivity index (χ4n) is 6.40. The normalized spacial score (nSPS) is 17.8. The maximum absolute atomic E-state index is 13.7. The van der Waals surface area contributed by atoms with Crippen molar-refractivity contribution in [1.82, 2.24) is 30.1 Å². The number of hydrogen-bond acceptors (Lipinski definition) is 8. The zero-order valence-electron chi connectivity index (χ0n) is 22.9. The Labute approximate surface area is 231 Å². The van der Waals surface area contributed by atoms with E-state index in [0.29, 0.717) is 37.6 Å². The molecule has 1 saturated heterocycles. The van der Waals surface area contributed by atoms with Gasteiger partial charge in [0.25, 0.3) is 11.2 Å². The third kappa shape index (κ3) is 4.97. The Bertz CT molecular complexity index is 1580. The molecule has 1 N–H and O–H groups in total. The van der Waals surface area contributed by atoms with E-state index in [1.165, 1.54) is 6.42 Å². The summed E-state index contributed by atoms with van der Waals surface area (Å²) >= 11 is 0. The zero-order chi connectivity index (χ0) is 27.8. The van der Waals surface area contributed by atoms with Crippen LogP contribution in [0.5, 0.6) is 0 Å². The first-order valence-corrected chi connectivity index (χ1v) is 14.0. The molecule has 0 bridgehead atoms. The third-order valence-electron chi connectivity index (χ3n) is 8.41. The Balaban J connectivity index is 1.37. The van der Waals surface area contributed by atoms with Crippen LogP contribution in [0.2, 0.25) is 0 Å². The smallest absolute Gasteiger partial charge is 0.269 e. The van der Waals surface area contributed by atoms with Gasteiger partial charge in [-0.25, -0.2) is 4.68 Å². The molecule has 6 rings (SSSR count). The van der Waals surface area contributed by atoms with Gasteiger partial charge in [0.1, 0.15) is 6.04 Å². The van der Waals surface area contributed by atoms with E-state index in [4.69, 9.17) is 0 Å². The molecule has 0 unspecified atom stereocenters. The van der Waals surface area contributed by atoms with Gasteiger partial charge in [0.15, 0.2) is 5.82 Å². The van der Waals surface area contributed by atoms with Crippen molar-refractivity contribution in [3.8, 4) is 0 Å². The molecule has 0 spiro atoms. The molecule has 11 nitrogen and oxygen atoms in total. The van der Waals surface area contributed by atoms with E-state index in [1.807, 2.05) is 17.7 Å². The Hall–Kier alpha value is -4.12. The number of piperazine rings is 1. The van der Waals surface area contributed by atoms with Crippen LogP contribution in [-0.4, -0.2) is 61.2 Å².